The lowest BCUT2D eigenvalue weighted by atomic mass is 10.1. The van der Waals surface area contributed by atoms with E-state index in [9.17, 15) is 4.79 Å². The third-order valence-corrected chi connectivity index (χ3v) is 5.47. The van der Waals surface area contributed by atoms with Gasteiger partial charge in [0.1, 0.15) is 12.4 Å². The molecule has 1 amide bonds. The molecule has 0 bridgehead atoms. The van der Waals surface area contributed by atoms with Crippen LogP contribution in [0.2, 0.25) is 5.02 Å². The van der Waals surface area contributed by atoms with E-state index in [1.54, 1.807) is 16.8 Å². The van der Waals surface area contributed by atoms with E-state index < -0.39 is 0 Å². The number of hydrogen-bond donors (Lipinski definition) is 1. The molecule has 0 radical (unpaired) electrons. The highest BCUT2D eigenvalue weighted by atomic mass is 35.5. The quantitative estimate of drug-likeness (QED) is 0.363. The van der Waals surface area contributed by atoms with Gasteiger partial charge >= 0.3 is 0 Å². The van der Waals surface area contributed by atoms with Gasteiger partial charge in [0, 0.05) is 22.8 Å². The molecule has 0 spiro atoms. The second-order valence-corrected chi connectivity index (χ2v) is 7.84. The molecule has 0 aliphatic heterocycles. The molecule has 5 nitrogen and oxygen atoms in total. The number of rotatable bonds is 8. The van der Waals surface area contributed by atoms with Crippen LogP contribution in [0.1, 0.15) is 34.0 Å². The first kappa shape index (κ1) is 21.7. The Labute approximate surface area is 192 Å². The van der Waals surface area contributed by atoms with Crippen LogP contribution in [0.3, 0.4) is 0 Å². The Hall–Kier alpha value is -3.57. The van der Waals surface area contributed by atoms with Gasteiger partial charge in [0.2, 0.25) is 0 Å². The minimum absolute atomic E-state index is 0.220. The van der Waals surface area contributed by atoms with E-state index in [4.69, 9.17) is 16.3 Å². The van der Waals surface area contributed by atoms with Crippen molar-refractivity contribution >= 4 is 23.3 Å². The Morgan fingerprint density at radius 1 is 1.00 bits per heavy atom. The number of nitrogens with zero attached hydrogens (tertiary/aromatic N) is 2. The lowest BCUT2D eigenvalue weighted by Crippen LogP contribution is -2.13. The molecule has 0 fully saturated rings. The average Bonchev–Trinajstić information content (AvgIpc) is 3.26. The topological polar surface area (TPSA) is 56.1 Å². The molecule has 32 heavy (non-hydrogen) atoms. The molecule has 4 aromatic rings. The van der Waals surface area contributed by atoms with Gasteiger partial charge in [-0.25, -0.2) is 0 Å². The second kappa shape index (κ2) is 10.2. The summed E-state index contributed by atoms with van der Waals surface area (Å²) in [4.78, 5) is 12.7. The third-order valence-electron chi connectivity index (χ3n) is 5.10. The zero-order chi connectivity index (χ0) is 22.3. The van der Waals surface area contributed by atoms with Crippen molar-refractivity contribution in [2.24, 2.45) is 0 Å². The van der Waals surface area contributed by atoms with E-state index in [-0.39, 0.29) is 5.91 Å². The van der Waals surface area contributed by atoms with Gasteiger partial charge in [0.15, 0.2) is 5.82 Å². The molecule has 0 saturated carbocycles. The number of aryl methyl sites for hydroxylation is 1. The molecular weight excluding hydrogens is 422 g/mol. The highest BCUT2D eigenvalue weighted by Gasteiger charge is 2.10. The van der Waals surface area contributed by atoms with Gasteiger partial charge in [-0.05, 0) is 53.4 Å². The number of aromatic nitrogens is 2. The second-order valence-electron chi connectivity index (χ2n) is 7.43. The van der Waals surface area contributed by atoms with Crippen LogP contribution >= 0.6 is 11.6 Å². The Morgan fingerprint density at radius 2 is 1.81 bits per heavy atom. The van der Waals surface area contributed by atoms with Crippen molar-refractivity contribution in [3.05, 3.63) is 112 Å². The van der Waals surface area contributed by atoms with E-state index in [1.807, 2.05) is 60.8 Å². The van der Waals surface area contributed by atoms with Crippen molar-refractivity contribution in [2.45, 2.75) is 26.5 Å². The number of carbonyl (C=O) groups is 1. The van der Waals surface area contributed by atoms with Crippen molar-refractivity contribution < 1.29 is 9.53 Å². The zero-order valence-electron chi connectivity index (χ0n) is 17.8. The molecule has 1 heterocycles. The maximum absolute atomic E-state index is 12.7. The van der Waals surface area contributed by atoms with Gasteiger partial charge in [-0.1, -0.05) is 61.0 Å². The number of hydrogen-bond acceptors (Lipinski definition) is 3. The average molecular weight is 446 g/mol. The van der Waals surface area contributed by atoms with E-state index >= 15 is 0 Å². The van der Waals surface area contributed by atoms with Crippen molar-refractivity contribution in [3.8, 4) is 5.75 Å². The zero-order valence-corrected chi connectivity index (χ0v) is 18.5. The van der Waals surface area contributed by atoms with Crippen molar-refractivity contribution in [2.75, 3.05) is 5.32 Å². The maximum atomic E-state index is 12.7. The summed E-state index contributed by atoms with van der Waals surface area (Å²) in [5, 5.41) is 7.96. The van der Waals surface area contributed by atoms with Crippen molar-refractivity contribution in [1.82, 2.24) is 9.78 Å². The van der Waals surface area contributed by atoms with Crippen molar-refractivity contribution in [1.29, 1.82) is 0 Å². The molecule has 162 valence electrons. The number of benzene rings is 3. The van der Waals surface area contributed by atoms with E-state index in [0.717, 1.165) is 23.3 Å². The molecular formula is C26H24ClN3O2. The molecule has 0 saturated heterocycles. The highest BCUT2D eigenvalue weighted by molar-refractivity contribution is 6.31. The number of nitrogens with one attached hydrogen (secondary N) is 1. The van der Waals surface area contributed by atoms with E-state index in [2.05, 4.69) is 29.5 Å². The molecule has 3 aromatic carbocycles. The summed E-state index contributed by atoms with van der Waals surface area (Å²) in [6, 6.07) is 24.8. The summed E-state index contributed by atoms with van der Waals surface area (Å²) >= 11 is 6.22. The molecule has 0 aliphatic rings. The molecule has 0 atom stereocenters. The van der Waals surface area contributed by atoms with Gasteiger partial charge in [0.05, 0.1) is 6.54 Å². The van der Waals surface area contributed by atoms with E-state index in [1.165, 1.54) is 5.56 Å². The molecule has 0 aliphatic carbocycles. The van der Waals surface area contributed by atoms with Crippen LogP contribution in [-0.4, -0.2) is 15.7 Å². The van der Waals surface area contributed by atoms with Crippen LogP contribution < -0.4 is 10.1 Å². The Kier molecular flexibility index (Phi) is 6.87. The van der Waals surface area contributed by atoms with Crippen LogP contribution in [0.5, 0.6) is 5.75 Å². The van der Waals surface area contributed by atoms with Gasteiger partial charge in [-0.2, -0.15) is 5.10 Å². The van der Waals surface area contributed by atoms with Crippen LogP contribution in [-0.2, 0) is 19.6 Å². The Morgan fingerprint density at radius 3 is 2.59 bits per heavy atom. The number of amides is 1. The van der Waals surface area contributed by atoms with Gasteiger partial charge in [0.25, 0.3) is 5.91 Å². The summed E-state index contributed by atoms with van der Waals surface area (Å²) in [5.41, 5.74) is 3.70. The standard InChI is InChI=1S/C26H24ClN3O2/c1-2-19-10-12-23(13-11-19)32-18-20-6-5-8-21(16-20)26(31)28-25-14-15-30(29-25)17-22-7-3-4-9-24(22)27/h3-16H,2,17-18H2,1H3,(H,28,29,31). The monoisotopic (exact) mass is 445 g/mol. The Bertz CT molecular complexity index is 1200. The Balaban J connectivity index is 1.36. The number of ether oxygens (including phenoxy) is 1. The third kappa shape index (κ3) is 5.56. The number of carbonyl (C=O) groups excluding carboxylic acids is 1. The fourth-order valence-electron chi connectivity index (χ4n) is 3.30. The van der Waals surface area contributed by atoms with E-state index in [0.29, 0.717) is 29.6 Å². The summed E-state index contributed by atoms with van der Waals surface area (Å²) in [6.45, 7) is 3.04. The first-order chi connectivity index (χ1) is 15.6. The molecule has 4 rings (SSSR count). The molecule has 1 N–H and O–H groups in total. The highest BCUT2D eigenvalue weighted by Crippen LogP contribution is 2.18. The lowest BCUT2D eigenvalue weighted by Gasteiger charge is -2.09. The maximum Gasteiger partial charge on any atom is 0.256 e. The normalized spacial score (nSPS) is 10.7. The van der Waals surface area contributed by atoms with Gasteiger partial charge in [-0.15, -0.1) is 0 Å². The van der Waals surface area contributed by atoms with Crippen LogP contribution in [0.25, 0.3) is 0 Å². The molecule has 6 heteroatoms. The number of anilines is 1. The summed E-state index contributed by atoms with van der Waals surface area (Å²) in [5.74, 6) is 1.07. The summed E-state index contributed by atoms with van der Waals surface area (Å²) < 4.78 is 7.60. The summed E-state index contributed by atoms with van der Waals surface area (Å²) in [6.07, 6.45) is 2.81. The first-order valence-electron chi connectivity index (χ1n) is 10.5. The molecule has 0 unspecified atom stereocenters. The van der Waals surface area contributed by atoms with Crippen LogP contribution in [0.4, 0.5) is 5.82 Å². The van der Waals surface area contributed by atoms with Crippen LogP contribution in [0, 0.1) is 0 Å². The minimum atomic E-state index is -0.220. The summed E-state index contributed by atoms with van der Waals surface area (Å²) in [7, 11) is 0. The molecule has 1 aromatic heterocycles. The predicted molar refractivity (Wildman–Crippen MR) is 127 cm³/mol. The van der Waals surface area contributed by atoms with Crippen LogP contribution in [0.15, 0.2) is 85.1 Å². The van der Waals surface area contributed by atoms with Crippen molar-refractivity contribution in [3.63, 3.8) is 0 Å². The SMILES string of the molecule is CCc1ccc(OCc2cccc(C(=O)Nc3ccn(Cc4ccccc4Cl)n3)c2)cc1. The fraction of sp³-hybridized carbons (Fsp3) is 0.154. The minimum Gasteiger partial charge on any atom is -0.489 e. The van der Waals surface area contributed by atoms with Gasteiger partial charge < -0.3 is 10.1 Å². The predicted octanol–water partition coefficient (Wildman–Crippen LogP) is 5.98. The number of halogens is 1. The van der Waals surface area contributed by atoms with Gasteiger partial charge in [-0.3, -0.25) is 9.48 Å². The fourth-order valence-corrected chi connectivity index (χ4v) is 3.49. The lowest BCUT2D eigenvalue weighted by molar-refractivity contribution is 0.102. The smallest absolute Gasteiger partial charge is 0.256 e. The largest absolute Gasteiger partial charge is 0.489 e. The first-order valence-corrected chi connectivity index (χ1v) is 10.9.